The normalized spacial score (nSPS) is 10.7. The number of nitrogens with two attached hydrogens (primary N) is 1. The van der Waals surface area contributed by atoms with Gasteiger partial charge in [0.05, 0.1) is 19.8 Å². The molecule has 0 aliphatic heterocycles. The van der Waals surface area contributed by atoms with E-state index < -0.39 is 0 Å². The largest absolute Gasteiger partial charge is 0.398 e. The van der Waals surface area contributed by atoms with Crippen LogP contribution in [-0.2, 0) is 16.1 Å². The molecule has 0 saturated heterocycles. The minimum atomic E-state index is -0.322. The second-order valence-corrected chi connectivity index (χ2v) is 3.83. The van der Waals surface area contributed by atoms with Crippen LogP contribution >= 0.6 is 0 Å². The third kappa shape index (κ3) is 5.15. The first-order valence-corrected chi connectivity index (χ1v) is 5.94. The van der Waals surface area contributed by atoms with Gasteiger partial charge in [-0.2, -0.15) is 0 Å². The number of ether oxygens (including phenoxy) is 2. The fourth-order valence-corrected chi connectivity index (χ4v) is 1.37. The SMILES string of the molecule is CCCCOCCOCc1c(N)cccc1F. The third-order valence-corrected chi connectivity index (χ3v) is 2.42. The van der Waals surface area contributed by atoms with Gasteiger partial charge in [-0.05, 0) is 18.6 Å². The Hall–Kier alpha value is -1.13. The lowest BCUT2D eigenvalue weighted by molar-refractivity contribution is 0.0390. The summed E-state index contributed by atoms with van der Waals surface area (Å²) in [6.45, 7) is 4.05. The van der Waals surface area contributed by atoms with E-state index in [2.05, 4.69) is 6.92 Å². The Morgan fingerprint density at radius 3 is 2.65 bits per heavy atom. The predicted molar refractivity (Wildman–Crippen MR) is 66.2 cm³/mol. The maximum absolute atomic E-state index is 13.3. The van der Waals surface area contributed by atoms with Gasteiger partial charge in [-0.1, -0.05) is 19.4 Å². The molecule has 0 heterocycles. The van der Waals surface area contributed by atoms with Crippen LogP contribution in [0, 0.1) is 5.82 Å². The van der Waals surface area contributed by atoms with Crippen molar-refractivity contribution in [3.05, 3.63) is 29.6 Å². The zero-order chi connectivity index (χ0) is 12.5. The Labute approximate surface area is 102 Å². The molecule has 1 rings (SSSR count). The van der Waals surface area contributed by atoms with Crippen LogP contribution in [0.2, 0.25) is 0 Å². The molecule has 0 radical (unpaired) electrons. The van der Waals surface area contributed by atoms with Crippen LogP contribution in [-0.4, -0.2) is 19.8 Å². The fraction of sp³-hybridized carbons (Fsp3) is 0.538. The number of benzene rings is 1. The lowest BCUT2D eigenvalue weighted by atomic mass is 10.2. The zero-order valence-electron chi connectivity index (χ0n) is 10.2. The number of hydrogen-bond donors (Lipinski definition) is 1. The van der Waals surface area contributed by atoms with Gasteiger partial charge in [-0.25, -0.2) is 4.39 Å². The van der Waals surface area contributed by atoms with Gasteiger partial charge in [0.1, 0.15) is 5.82 Å². The smallest absolute Gasteiger partial charge is 0.130 e. The molecule has 0 aromatic heterocycles. The summed E-state index contributed by atoms with van der Waals surface area (Å²) in [5.41, 5.74) is 6.50. The molecule has 3 nitrogen and oxygen atoms in total. The maximum atomic E-state index is 13.3. The first-order chi connectivity index (χ1) is 8.25. The fourth-order valence-electron chi connectivity index (χ4n) is 1.37. The van der Waals surface area contributed by atoms with E-state index in [-0.39, 0.29) is 12.4 Å². The van der Waals surface area contributed by atoms with Gasteiger partial charge in [-0.3, -0.25) is 0 Å². The standard InChI is InChI=1S/C13H20FNO2/c1-2-3-7-16-8-9-17-10-11-12(14)5-4-6-13(11)15/h4-6H,2-3,7-10,15H2,1H3. The zero-order valence-corrected chi connectivity index (χ0v) is 10.2. The van der Waals surface area contributed by atoms with Gasteiger partial charge in [0.25, 0.3) is 0 Å². The summed E-state index contributed by atoms with van der Waals surface area (Å²) >= 11 is 0. The molecule has 4 heteroatoms. The summed E-state index contributed by atoms with van der Waals surface area (Å²) in [5, 5.41) is 0. The van der Waals surface area contributed by atoms with Crippen molar-refractivity contribution in [2.45, 2.75) is 26.4 Å². The number of unbranched alkanes of at least 4 members (excludes halogenated alkanes) is 1. The van der Waals surface area contributed by atoms with Crippen molar-refractivity contribution >= 4 is 5.69 Å². The third-order valence-electron chi connectivity index (χ3n) is 2.42. The Bertz CT molecular complexity index is 311. The summed E-state index contributed by atoms with van der Waals surface area (Å²) in [7, 11) is 0. The monoisotopic (exact) mass is 241 g/mol. The van der Waals surface area contributed by atoms with Crippen LogP contribution in [0.4, 0.5) is 10.1 Å². The van der Waals surface area contributed by atoms with Crippen molar-refractivity contribution in [2.75, 3.05) is 25.6 Å². The number of hydrogen-bond acceptors (Lipinski definition) is 3. The van der Waals surface area contributed by atoms with Gasteiger partial charge in [0, 0.05) is 17.9 Å². The lowest BCUT2D eigenvalue weighted by Gasteiger charge is -2.08. The highest BCUT2D eigenvalue weighted by Gasteiger charge is 2.05. The Kier molecular flexibility index (Phi) is 6.58. The molecule has 0 fully saturated rings. The van der Waals surface area contributed by atoms with Crippen molar-refractivity contribution < 1.29 is 13.9 Å². The van der Waals surface area contributed by atoms with Crippen molar-refractivity contribution in [1.29, 1.82) is 0 Å². The minimum Gasteiger partial charge on any atom is -0.398 e. The summed E-state index contributed by atoms with van der Waals surface area (Å²) in [6, 6.07) is 4.63. The van der Waals surface area contributed by atoms with Crippen molar-refractivity contribution in [2.24, 2.45) is 0 Å². The average Bonchev–Trinajstić information content (AvgIpc) is 2.31. The molecule has 1 aromatic rings. The predicted octanol–water partition coefficient (Wildman–Crippen LogP) is 2.74. The van der Waals surface area contributed by atoms with E-state index in [1.54, 1.807) is 12.1 Å². The van der Waals surface area contributed by atoms with E-state index in [1.807, 2.05) is 0 Å². The van der Waals surface area contributed by atoms with Gasteiger partial charge in [-0.15, -0.1) is 0 Å². The average molecular weight is 241 g/mol. The van der Waals surface area contributed by atoms with E-state index in [1.165, 1.54) is 6.07 Å². The first-order valence-electron chi connectivity index (χ1n) is 5.94. The van der Waals surface area contributed by atoms with E-state index in [9.17, 15) is 4.39 Å². The van der Waals surface area contributed by atoms with E-state index in [0.717, 1.165) is 19.4 Å². The van der Waals surface area contributed by atoms with Crippen LogP contribution in [0.3, 0.4) is 0 Å². The number of rotatable bonds is 8. The van der Waals surface area contributed by atoms with Crippen LogP contribution in [0.15, 0.2) is 18.2 Å². The van der Waals surface area contributed by atoms with Crippen LogP contribution < -0.4 is 5.73 Å². The summed E-state index contributed by atoms with van der Waals surface area (Å²) in [4.78, 5) is 0. The van der Waals surface area contributed by atoms with Gasteiger partial charge in [0.15, 0.2) is 0 Å². The number of halogens is 1. The highest BCUT2D eigenvalue weighted by atomic mass is 19.1. The van der Waals surface area contributed by atoms with Gasteiger partial charge < -0.3 is 15.2 Å². The summed E-state index contributed by atoms with van der Waals surface area (Å²) < 4.78 is 24.0. The molecule has 0 bridgehead atoms. The highest BCUT2D eigenvalue weighted by Crippen LogP contribution is 2.16. The van der Waals surface area contributed by atoms with E-state index in [0.29, 0.717) is 24.5 Å². The minimum absolute atomic E-state index is 0.190. The quantitative estimate of drug-likeness (QED) is 0.562. The second kappa shape index (κ2) is 8.03. The molecule has 0 spiro atoms. The van der Waals surface area contributed by atoms with Crippen molar-refractivity contribution in [3.63, 3.8) is 0 Å². The van der Waals surface area contributed by atoms with Crippen molar-refractivity contribution in [3.8, 4) is 0 Å². The molecule has 0 unspecified atom stereocenters. The molecule has 0 amide bonds. The first kappa shape index (κ1) is 13.9. The van der Waals surface area contributed by atoms with E-state index in [4.69, 9.17) is 15.2 Å². The topological polar surface area (TPSA) is 44.5 Å². The molecule has 0 saturated carbocycles. The van der Waals surface area contributed by atoms with E-state index >= 15 is 0 Å². The maximum Gasteiger partial charge on any atom is 0.130 e. The van der Waals surface area contributed by atoms with Gasteiger partial charge >= 0.3 is 0 Å². The lowest BCUT2D eigenvalue weighted by Crippen LogP contribution is -2.07. The molecule has 96 valence electrons. The van der Waals surface area contributed by atoms with Gasteiger partial charge in [0.2, 0.25) is 0 Å². The molecule has 0 atom stereocenters. The Balaban J connectivity index is 2.18. The highest BCUT2D eigenvalue weighted by molar-refractivity contribution is 5.46. The van der Waals surface area contributed by atoms with Crippen LogP contribution in [0.5, 0.6) is 0 Å². The molecule has 17 heavy (non-hydrogen) atoms. The summed E-state index contributed by atoms with van der Waals surface area (Å²) in [6.07, 6.45) is 2.17. The second-order valence-electron chi connectivity index (χ2n) is 3.83. The molecule has 0 aliphatic rings. The van der Waals surface area contributed by atoms with Crippen LogP contribution in [0.1, 0.15) is 25.3 Å². The van der Waals surface area contributed by atoms with Crippen LogP contribution in [0.25, 0.3) is 0 Å². The number of nitrogen functional groups attached to an aromatic ring is 1. The molecular weight excluding hydrogens is 221 g/mol. The Morgan fingerprint density at radius 2 is 1.94 bits per heavy atom. The summed E-state index contributed by atoms with van der Waals surface area (Å²) in [5.74, 6) is -0.322. The van der Waals surface area contributed by atoms with Crippen molar-refractivity contribution in [1.82, 2.24) is 0 Å². The molecule has 0 aliphatic carbocycles. The molecule has 1 aromatic carbocycles. The Morgan fingerprint density at radius 1 is 1.18 bits per heavy atom. The molecule has 2 N–H and O–H groups in total. The number of anilines is 1. The molecular formula is C13H20FNO2.